The van der Waals surface area contributed by atoms with Gasteiger partial charge >= 0.3 is 0 Å². The second kappa shape index (κ2) is 7.20. The van der Waals surface area contributed by atoms with E-state index in [1.165, 1.54) is 17.0 Å². The van der Waals surface area contributed by atoms with Crippen LogP contribution in [0.2, 0.25) is 0 Å². The molecule has 28 heavy (non-hydrogen) atoms. The predicted molar refractivity (Wildman–Crippen MR) is 104 cm³/mol. The number of aryl methyl sites for hydroxylation is 2. The van der Waals surface area contributed by atoms with Crippen LogP contribution in [0.4, 0.5) is 10.1 Å². The molecule has 1 fully saturated rings. The van der Waals surface area contributed by atoms with E-state index in [1.807, 2.05) is 30.9 Å². The highest BCUT2D eigenvalue weighted by molar-refractivity contribution is 6.45. The average Bonchev–Trinajstić information content (AvgIpc) is 2.96. The summed E-state index contributed by atoms with van der Waals surface area (Å²) in [6.45, 7) is 5.96. The van der Waals surface area contributed by atoms with E-state index in [1.54, 1.807) is 18.2 Å². The molecule has 2 amide bonds. The van der Waals surface area contributed by atoms with E-state index in [4.69, 9.17) is 4.74 Å². The van der Waals surface area contributed by atoms with Gasteiger partial charge in [0.1, 0.15) is 11.5 Å². The summed E-state index contributed by atoms with van der Waals surface area (Å²) < 4.78 is 18.8. The summed E-state index contributed by atoms with van der Waals surface area (Å²) in [4.78, 5) is 29.8. The van der Waals surface area contributed by atoms with Gasteiger partial charge in [0.2, 0.25) is 0 Å². The summed E-state index contributed by atoms with van der Waals surface area (Å²) in [5, 5.41) is 0. The SMILES string of the molecule is Cc1ccc(N2C(=O)C(c3ccc(F)cc3)=C(N3CCOCC3)C2=O)cc1C. The molecule has 2 aliphatic rings. The Bertz CT molecular complexity index is 976. The molecule has 5 nitrogen and oxygen atoms in total. The Morgan fingerprint density at radius 3 is 2.21 bits per heavy atom. The van der Waals surface area contributed by atoms with E-state index < -0.39 is 0 Å². The van der Waals surface area contributed by atoms with Gasteiger partial charge < -0.3 is 9.64 Å². The fraction of sp³-hybridized carbons (Fsp3) is 0.273. The zero-order valence-corrected chi connectivity index (χ0v) is 15.9. The molecule has 0 unspecified atom stereocenters. The topological polar surface area (TPSA) is 49.9 Å². The number of ether oxygens (including phenoxy) is 1. The Balaban J connectivity index is 1.82. The predicted octanol–water partition coefficient (Wildman–Crippen LogP) is 3.06. The molecule has 0 spiro atoms. The number of morpholine rings is 1. The maximum atomic E-state index is 13.4. The van der Waals surface area contributed by atoms with Gasteiger partial charge in [-0.25, -0.2) is 9.29 Å². The summed E-state index contributed by atoms with van der Waals surface area (Å²) in [6, 6.07) is 11.2. The largest absolute Gasteiger partial charge is 0.378 e. The number of hydrogen-bond acceptors (Lipinski definition) is 4. The van der Waals surface area contributed by atoms with E-state index in [-0.39, 0.29) is 17.6 Å². The monoisotopic (exact) mass is 380 g/mol. The first-order valence-electron chi connectivity index (χ1n) is 9.26. The van der Waals surface area contributed by atoms with Crippen molar-refractivity contribution in [2.24, 2.45) is 0 Å². The lowest BCUT2D eigenvalue weighted by Crippen LogP contribution is -2.40. The lowest BCUT2D eigenvalue weighted by Gasteiger charge is -2.29. The second-order valence-electron chi connectivity index (χ2n) is 7.04. The highest BCUT2D eigenvalue weighted by atomic mass is 19.1. The van der Waals surface area contributed by atoms with Gasteiger partial charge in [-0.1, -0.05) is 18.2 Å². The van der Waals surface area contributed by atoms with Crippen molar-refractivity contribution in [1.82, 2.24) is 4.90 Å². The second-order valence-corrected chi connectivity index (χ2v) is 7.04. The maximum absolute atomic E-state index is 13.4. The number of benzene rings is 2. The number of halogens is 1. The number of nitrogens with zero attached hydrogens (tertiary/aromatic N) is 2. The van der Waals surface area contributed by atoms with Crippen LogP contribution in [0, 0.1) is 19.7 Å². The van der Waals surface area contributed by atoms with Gasteiger partial charge in [0.05, 0.1) is 24.5 Å². The van der Waals surface area contributed by atoms with Crippen molar-refractivity contribution in [1.29, 1.82) is 0 Å². The molecule has 0 saturated carbocycles. The summed E-state index contributed by atoms with van der Waals surface area (Å²) in [6.07, 6.45) is 0. The number of hydrogen-bond donors (Lipinski definition) is 0. The lowest BCUT2D eigenvalue weighted by molar-refractivity contribution is -0.121. The van der Waals surface area contributed by atoms with Crippen LogP contribution in [0.3, 0.4) is 0 Å². The molecule has 1 saturated heterocycles. The van der Waals surface area contributed by atoms with Crippen LogP contribution < -0.4 is 4.90 Å². The Morgan fingerprint density at radius 1 is 0.893 bits per heavy atom. The minimum atomic E-state index is -0.389. The normalized spacial score (nSPS) is 17.7. The first kappa shape index (κ1) is 18.4. The molecule has 4 rings (SSSR count). The van der Waals surface area contributed by atoms with Gasteiger partial charge in [0.15, 0.2) is 0 Å². The number of anilines is 1. The molecule has 0 bridgehead atoms. The van der Waals surface area contributed by atoms with Crippen LogP contribution in [-0.4, -0.2) is 43.0 Å². The Hall–Kier alpha value is -2.99. The molecule has 0 aliphatic carbocycles. The zero-order chi connectivity index (χ0) is 19.8. The van der Waals surface area contributed by atoms with Crippen molar-refractivity contribution in [2.45, 2.75) is 13.8 Å². The zero-order valence-electron chi connectivity index (χ0n) is 15.9. The summed E-state index contributed by atoms with van der Waals surface area (Å²) in [5.74, 6) is -1.13. The van der Waals surface area contributed by atoms with Crippen LogP contribution in [0.15, 0.2) is 48.2 Å². The van der Waals surface area contributed by atoms with Crippen molar-refractivity contribution in [3.05, 3.63) is 70.7 Å². The summed E-state index contributed by atoms with van der Waals surface area (Å²) in [7, 11) is 0. The summed E-state index contributed by atoms with van der Waals surface area (Å²) >= 11 is 0. The minimum absolute atomic E-state index is 0.310. The van der Waals surface area contributed by atoms with Gasteiger partial charge in [-0.3, -0.25) is 9.59 Å². The van der Waals surface area contributed by atoms with Crippen molar-refractivity contribution < 1.29 is 18.7 Å². The fourth-order valence-electron chi connectivity index (χ4n) is 3.57. The number of rotatable bonds is 3. The Morgan fingerprint density at radius 2 is 1.57 bits per heavy atom. The fourth-order valence-corrected chi connectivity index (χ4v) is 3.57. The van der Waals surface area contributed by atoms with Gasteiger partial charge in [-0.2, -0.15) is 0 Å². The quantitative estimate of drug-likeness (QED) is 0.768. The average molecular weight is 380 g/mol. The van der Waals surface area contributed by atoms with E-state index in [2.05, 4.69) is 0 Å². The highest BCUT2D eigenvalue weighted by Gasteiger charge is 2.42. The Kier molecular flexibility index (Phi) is 4.73. The molecule has 2 aromatic rings. The van der Waals surface area contributed by atoms with E-state index in [9.17, 15) is 14.0 Å². The molecule has 144 valence electrons. The maximum Gasteiger partial charge on any atom is 0.282 e. The smallest absolute Gasteiger partial charge is 0.282 e. The first-order chi connectivity index (χ1) is 13.5. The Labute approximate surface area is 163 Å². The molecular weight excluding hydrogens is 359 g/mol. The highest BCUT2D eigenvalue weighted by Crippen LogP contribution is 2.35. The van der Waals surface area contributed by atoms with E-state index in [0.717, 1.165) is 11.1 Å². The molecule has 2 aromatic carbocycles. The molecule has 0 atom stereocenters. The van der Waals surface area contributed by atoms with Gasteiger partial charge in [-0.05, 0) is 54.8 Å². The van der Waals surface area contributed by atoms with Gasteiger partial charge in [0.25, 0.3) is 11.8 Å². The molecule has 2 aliphatic heterocycles. The minimum Gasteiger partial charge on any atom is -0.378 e. The third-order valence-corrected chi connectivity index (χ3v) is 5.27. The van der Waals surface area contributed by atoms with Gasteiger partial charge in [-0.15, -0.1) is 0 Å². The summed E-state index contributed by atoms with van der Waals surface area (Å²) in [5.41, 5.74) is 3.83. The molecular formula is C22H21FN2O3. The van der Waals surface area contributed by atoms with Crippen LogP contribution >= 0.6 is 0 Å². The van der Waals surface area contributed by atoms with Crippen molar-refractivity contribution in [2.75, 3.05) is 31.2 Å². The van der Waals surface area contributed by atoms with Crippen LogP contribution in [0.1, 0.15) is 16.7 Å². The number of amides is 2. The molecule has 6 heteroatoms. The van der Waals surface area contributed by atoms with Crippen LogP contribution in [0.25, 0.3) is 5.57 Å². The van der Waals surface area contributed by atoms with Crippen molar-refractivity contribution in [3.8, 4) is 0 Å². The molecule has 2 heterocycles. The van der Waals surface area contributed by atoms with Crippen LogP contribution in [-0.2, 0) is 14.3 Å². The third kappa shape index (κ3) is 3.10. The lowest BCUT2D eigenvalue weighted by atomic mass is 10.0. The molecule has 0 radical (unpaired) electrons. The van der Waals surface area contributed by atoms with Crippen LogP contribution in [0.5, 0.6) is 0 Å². The van der Waals surface area contributed by atoms with Crippen molar-refractivity contribution in [3.63, 3.8) is 0 Å². The van der Waals surface area contributed by atoms with Crippen molar-refractivity contribution >= 4 is 23.1 Å². The van der Waals surface area contributed by atoms with Gasteiger partial charge in [0, 0.05) is 13.1 Å². The van der Waals surface area contributed by atoms with E-state index in [0.29, 0.717) is 48.8 Å². The number of imide groups is 1. The standard InChI is InChI=1S/C22H21FN2O3/c1-14-3-8-18(13-15(14)2)25-21(26)19(16-4-6-17(23)7-5-16)20(22(25)27)24-9-11-28-12-10-24/h3-8,13H,9-12H2,1-2H3. The molecule has 0 N–H and O–H groups in total. The first-order valence-corrected chi connectivity index (χ1v) is 9.26. The molecule has 0 aromatic heterocycles. The van der Waals surface area contributed by atoms with E-state index >= 15 is 0 Å². The third-order valence-electron chi connectivity index (χ3n) is 5.27. The number of carbonyl (C=O) groups is 2. The number of carbonyl (C=O) groups excluding carboxylic acids is 2.